The Bertz CT molecular complexity index is 948. The number of halogens is 5. The van der Waals surface area contributed by atoms with Crippen molar-refractivity contribution < 1.29 is 29.0 Å². The lowest BCUT2D eigenvalue weighted by molar-refractivity contribution is -0.125. The Morgan fingerprint density at radius 2 is 1.69 bits per heavy atom. The first-order valence-corrected chi connectivity index (χ1v) is 12.0. The van der Waals surface area contributed by atoms with Gasteiger partial charge in [0.25, 0.3) is 0 Å². The van der Waals surface area contributed by atoms with E-state index < -0.39 is 21.2 Å². The monoisotopic (exact) mass is 479 g/mol. The SMILES string of the molecule is CC1CC(NC(=O)C(c2cccnc2)N(C)c2ccc(S(F)(F)(F)(F)F)cc2)CC(C)O1. The average Bonchev–Trinajstić information content (AvgIpc) is 2.66. The molecule has 5 nitrogen and oxygen atoms in total. The molecule has 1 aromatic carbocycles. The van der Waals surface area contributed by atoms with Crippen molar-refractivity contribution in [2.75, 3.05) is 11.9 Å². The van der Waals surface area contributed by atoms with Crippen LogP contribution in [0, 0.1) is 0 Å². The van der Waals surface area contributed by atoms with E-state index in [1.165, 1.54) is 24.3 Å². The molecule has 0 bridgehead atoms. The van der Waals surface area contributed by atoms with Gasteiger partial charge in [-0.3, -0.25) is 9.78 Å². The van der Waals surface area contributed by atoms with Crippen LogP contribution in [0.4, 0.5) is 25.1 Å². The fourth-order valence-electron chi connectivity index (χ4n) is 3.98. The van der Waals surface area contributed by atoms with Crippen LogP contribution in [-0.2, 0) is 9.53 Å². The fourth-order valence-corrected chi connectivity index (χ4v) is 4.63. The van der Waals surface area contributed by atoms with Gasteiger partial charge in [-0.15, -0.1) is 0 Å². The van der Waals surface area contributed by atoms with E-state index >= 15 is 0 Å². The lowest BCUT2D eigenvalue weighted by Gasteiger charge is -2.40. The first-order valence-electron chi connectivity index (χ1n) is 10.1. The van der Waals surface area contributed by atoms with E-state index in [2.05, 4.69) is 10.3 Å². The molecule has 3 atom stereocenters. The zero-order valence-electron chi connectivity index (χ0n) is 17.9. The number of hydrogen-bond acceptors (Lipinski definition) is 4. The summed E-state index contributed by atoms with van der Waals surface area (Å²) in [6, 6.07) is 4.80. The summed E-state index contributed by atoms with van der Waals surface area (Å²) in [5, 5.41) is 2.99. The van der Waals surface area contributed by atoms with Crippen molar-refractivity contribution in [3.63, 3.8) is 0 Å². The van der Waals surface area contributed by atoms with Gasteiger partial charge in [0, 0.05) is 36.7 Å². The van der Waals surface area contributed by atoms with Crippen LogP contribution in [0.25, 0.3) is 0 Å². The lowest BCUT2D eigenvalue weighted by Crippen LogP contribution is -2.48. The number of ether oxygens (including phenoxy) is 1. The molecule has 1 amide bonds. The second-order valence-electron chi connectivity index (χ2n) is 8.20. The Hall–Kier alpha value is -2.40. The quantitative estimate of drug-likeness (QED) is 0.517. The Morgan fingerprint density at radius 3 is 2.19 bits per heavy atom. The van der Waals surface area contributed by atoms with Gasteiger partial charge in [0.1, 0.15) is 10.9 Å². The number of aromatic nitrogens is 1. The molecule has 2 aromatic rings. The summed E-state index contributed by atoms with van der Waals surface area (Å²) in [4.78, 5) is 16.7. The van der Waals surface area contributed by atoms with Crippen LogP contribution in [0.15, 0.2) is 53.7 Å². The predicted molar refractivity (Wildman–Crippen MR) is 114 cm³/mol. The smallest absolute Gasteiger partial charge is 0.310 e. The van der Waals surface area contributed by atoms with Crippen LogP contribution in [0.1, 0.15) is 38.3 Å². The van der Waals surface area contributed by atoms with E-state index in [-0.39, 0.29) is 29.8 Å². The summed E-state index contributed by atoms with van der Waals surface area (Å²) in [7, 11) is -8.26. The van der Waals surface area contributed by atoms with Gasteiger partial charge in [-0.05, 0) is 57.0 Å². The summed E-state index contributed by atoms with van der Waals surface area (Å²) in [5.41, 5.74) is 0.686. The van der Waals surface area contributed by atoms with Gasteiger partial charge in [0.2, 0.25) is 5.91 Å². The number of likely N-dealkylation sites (N-methyl/N-ethyl adjacent to an activating group) is 1. The topological polar surface area (TPSA) is 54.5 Å². The van der Waals surface area contributed by atoms with Gasteiger partial charge < -0.3 is 15.0 Å². The number of benzene rings is 1. The van der Waals surface area contributed by atoms with Gasteiger partial charge in [0.15, 0.2) is 0 Å². The molecule has 32 heavy (non-hydrogen) atoms. The van der Waals surface area contributed by atoms with Gasteiger partial charge in [0.05, 0.1) is 12.2 Å². The number of carbonyl (C=O) groups is 1. The number of hydrogen-bond donors (Lipinski definition) is 1. The average molecular weight is 480 g/mol. The molecule has 1 aliphatic heterocycles. The van der Waals surface area contributed by atoms with E-state index in [1.807, 2.05) is 13.8 Å². The summed E-state index contributed by atoms with van der Waals surface area (Å²) in [6.07, 6.45) is 4.20. The van der Waals surface area contributed by atoms with Crippen LogP contribution in [0.5, 0.6) is 0 Å². The van der Waals surface area contributed by atoms with Crippen LogP contribution in [0.2, 0.25) is 0 Å². The van der Waals surface area contributed by atoms with Crippen LogP contribution >= 0.6 is 10.2 Å². The molecule has 1 N–H and O–H groups in total. The van der Waals surface area contributed by atoms with Crippen molar-refractivity contribution in [3.05, 3.63) is 54.4 Å². The molecule has 3 rings (SSSR count). The molecule has 11 heteroatoms. The molecule has 1 fully saturated rings. The molecule has 1 aliphatic rings. The Morgan fingerprint density at radius 1 is 1.09 bits per heavy atom. The minimum absolute atomic E-state index is 0.0295. The molecule has 1 saturated heterocycles. The molecule has 178 valence electrons. The molecule has 0 spiro atoms. The van der Waals surface area contributed by atoms with Gasteiger partial charge in [-0.25, -0.2) is 0 Å². The number of pyridine rings is 1. The van der Waals surface area contributed by atoms with Gasteiger partial charge >= 0.3 is 10.2 Å². The Balaban J connectivity index is 1.88. The maximum absolute atomic E-state index is 13.3. The summed E-state index contributed by atoms with van der Waals surface area (Å²) in [5.74, 6) is -0.372. The van der Waals surface area contributed by atoms with E-state index in [4.69, 9.17) is 4.74 Å². The number of carbonyl (C=O) groups excluding carboxylic acids is 1. The highest BCUT2D eigenvalue weighted by molar-refractivity contribution is 8.45. The summed E-state index contributed by atoms with van der Waals surface area (Å²) in [6.45, 7) is 3.83. The highest BCUT2D eigenvalue weighted by Gasteiger charge is 2.65. The Kier molecular flexibility index (Phi) is 5.97. The Labute approximate surface area is 183 Å². The van der Waals surface area contributed by atoms with Crippen molar-refractivity contribution >= 4 is 21.8 Å². The molecule has 0 saturated carbocycles. The standard InChI is InChI=1S/C21H26F5N3O2S/c1-14-11-17(12-15(2)31-14)28-21(30)20(16-5-4-10-27-13-16)29(3)18-6-8-19(9-7-18)32(22,23,24,25)26/h4-10,13-15,17,20H,11-12H2,1-3H3,(H,28,30). The minimum atomic E-state index is -9.78. The summed E-state index contributed by atoms with van der Waals surface area (Å²) < 4.78 is 71.0. The largest absolute Gasteiger partial charge is 0.375 e. The molecular weight excluding hydrogens is 453 g/mol. The first-order chi connectivity index (χ1) is 14.6. The molecule has 2 heterocycles. The van der Waals surface area contributed by atoms with Crippen molar-refractivity contribution in [1.82, 2.24) is 10.3 Å². The van der Waals surface area contributed by atoms with Gasteiger partial charge in [-0.1, -0.05) is 25.5 Å². The highest BCUT2D eigenvalue weighted by atomic mass is 32.5. The third-order valence-electron chi connectivity index (χ3n) is 5.37. The van der Waals surface area contributed by atoms with Crippen molar-refractivity contribution in [3.8, 4) is 0 Å². The second kappa shape index (κ2) is 7.87. The zero-order valence-corrected chi connectivity index (χ0v) is 18.7. The number of rotatable bonds is 6. The minimum Gasteiger partial charge on any atom is -0.375 e. The lowest BCUT2D eigenvalue weighted by atomic mass is 9.98. The van der Waals surface area contributed by atoms with E-state index in [1.54, 1.807) is 12.1 Å². The van der Waals surface area contributed by atoms with E-state index in [0.29, 0.717) is 30.5 Å². The van der Waals surface area contributed by atoms with Crippen LogP contribution in [-0.4, -0.2) is 36.2 Å². The third-order valence-corrected chi connectivity index (χ3v) is 6.53. The number of nitrogens with zero attached hydrogens (tertiary/aromatic N) is 2. The first kappa shape index (κ1) is 24.2. The maximum atomic E-state index is 13.3. The van der Waals surface area contributed by atoms with Gasteiger partial charge in [-0.2, -0.15) is 0 Å². The number of amides is 1. The summed E-state index contributed by atoms with van der Waals surface area (Å²) >= 11 is 0. The van der Waals surface area contributed by atoms with Crippen molar-refractivity contribution in [1.29, 1.82) is 0 Å². The predicted octanol–water partition coefficient (Wildman–Crippen LogP) is 5.99. The molecule has 3 unspecified atom stereocenters. The highest BCUT2D eigenvalue weighted by Crippen LogP contribution is 3.02. The number of anilines is 1. The van der Waals surface area contributed by atoms with Crippen molar-refractivity contribution in [2.45, 2.75) is 55.9 Å². The normalized spacial score (nSPS) is 24.7. The molecule has 1 aromatic heterocycles. The van der Waals surface area contributed by atoms with Crippen LogP contribution in [0.3, 0.4) is 0 Å². The number of nitrogens with one attached hydrogen (secondary N) is 1. The van der Waals surface area contributed by atoms with E-state index in [9.17, 15) is 24.2 Å². The van der Waals surface area contributed by atoms with E-state index in [0.717, 1.165) is 12.1 Å². The fraction of sp³-hybridized carbons (Fsp3) is 0.429. The third kappa shape index (κ3) is 5.89. The maximum Gasteiger partial charge on any atom is 0.310 e. The molecule has 0 aliphatic carbocycles. The van der Waals surface area contributed by atoms with Crippen LogP contribution < -0.4 is 10.2 Å². The second-order valence-corrected chi connectivity index (χ2v) is 10.6. The zero-order chi connectivity index (χ0) is 23.8. The molecular formula is C21H26F5N3O2S. The van der Waals surface area contributed by atoms with Crippen molar-refractivity contribution in [2.24, 2.45) is 0 Å². The molecule has 0 radical (unpaired) electrons.